The quantitative estimate of drug-likeness (QED) is 0.801. The highest BCUT2D eigenvalue weighted by molar-refractivity contribution is 7.89. The molecule has 1 aliphatic rings. The van der Waals surface area contributed by atoms with Crippen molar-refractivity contribution in [1.29, 1.82) is 0 Å². The molecule has 0 spiro atoms. The third kappa shape index (κ3) is 3.62. The third-order valence-electron chi connectivity index (χ3n) is 3.66. The smallest absolute Gasteiger partial charge is 0.342 e. The molecule has 0 bridgehead atoms. The molecule has 1 heterocycles. The fourth-order valence-corrected chi connectivity index (χ4v) is 4.00. The number of nitrogens with one attached hydrogen (secondary N) is 2. The molecule has 21 heavy (non-hydrogen) atoms. The minimum absolute atomic E-state index is 0.0680. The van der Waals surface area contributed by atoms with Crippen molar-refractivity contribution in [2.75, 3.05) is 6.61 Å². The van der Waals surface area contributed by atoms with E-state index in [9.17, 15) is 13.2 Å². The van der Waals surface area contributed by atoms with Gasteiger partial charge in [0.25, 0.3) is 10.0 Å². The van der Waals surface area contributed by atoms with Crippen LogP contribution in [0.15, 0.2) is 11.2 Å². The number of H-pyrrole nitrogens is 1. The van der Waals surface area contributed by atoms with Crippen molar-refractivity contribution < 1.29 is 17.9 Å². The zero-order chi connectivity index (χ0) is 15.7. The van der Waals surface area contributed by atoms with E-state index in [2.05, 4.69) is 28.8 Å². The first-order chi connectivity index (χ1) is 9.75. The van der Waals surface area contributed by atoms with Gasteiger partial charge in [-0.3, -0.25) is 5.10 Å². The fourth-order valence-electron chi connectivity index (χ4n) is 2.65. The largest absolute Gasteiger partial charge is 0.462 e. The number of rotatable bonds is 5. The highest BCUT2D eigenvalue weighted by atomic mass is 32.2. The predicted molar refractivity (Wildman–Crippen MR) is 76.3 cm³/mol. The molecule has 7 nitrogen and oxygen atoms in total. The van der Waals surface area contributed by atoms with Crippen LogP contribution in [0.5, 0.6) is 0 Å². The highest BCUT2D eigenvalue weighted by Gasteiger charge is 2.35. The summed E-state index contributed by atoms with van der Waals surface area (Å²) in [6, 6.07) is -0.122. The highest BCUT2D eigenvalue weighted by Crippen LogP contribution is 2.37. The normalized spacial score (nSPS) is 21.4. The summed E-state index contributed by atoms with van der Waals surface area (Å²) in [5, 5.41) is 5.80. The van der Waals surface area contributed by atoms with Crippen LogP contribution >= 0.6 is 0 Å². The number of esters is 1. The maximum Gasteiger partial charge on any atom is 0.342 e. The number of aromatic amines is 1. The van der Waals surface area contributed by atoms with Crippen LogP contribution in [0.4, 0.5) is 0 Å². The van der Waals surface area contributed by atoms with Crippen LogP contribution < -0.4 is 4.72 Å². The summed E-state index contributed by atoms with van der Waals surface area (Å²) in [5.74, 6) is -0.696. The van der Waals surface area contributed by atoms with Gasteiger partial charge in [0.05, 0.1) is 12.8 Å². The zero-order valence-corrected chi connectivity index (χ0v) is 13.3. The second-order valence-corrected chi connectivity index (χ2v) is 7.71. The van der Waals surface area contributed by atoms with E-state index in [4.69, 9.17) is 4.74 Å². The molecule has 1 aromatic rings. The minimum Gasteiger partial charge on any atom is -0.462 e. The monoisotopic (exact) mass is 315 g/mol. The van der Waals surface area contributed by atoms with E-state index in [-0.39, 0.29) is 28.7 Å². The van der Waals surface area contributed by atoms with E-state index in [0.29, 0.717) is 0 Å². The SMILES string of the molecule is CCOC(=O)c1cn[nH]c1S(=O)(=O)NC1CCC(C)(C)C1. The molecule has 1 aromatic heterocycles. The summed E-state index contributed by atoms with van der Waals surface area (Å²) in [4.78, 5) is 11.7. The van der Waals surface area contributed by atoms with E-state index in [1.54, 1.807) is 6.92 Å². The number of carbonyl (C=O) groups is 1. The number of carbonyl (C=O) groups excluding carboxylic acids is 1. The summed E-state index contributed by atoms with van der Waals surface area (Å²) in [5.41, 5.74) is 0.0621. The van der Waals surface area contributed by atoms with Crippen LogP contribution in [-0.2, 0) is 14.8 Å². The number of hydrogen-bond donors (Lipinski definition) is 2. The molecule has 2 N–H and O–H groups in total. The van der Waals surface area contributed by atoms with Crippen molar-refractivity contribution in [1.82, 2.24) is 14.9 Å². The lowest BCUT2D eigenvalue weighted by atomic mass is 9.92. The Morgan fingerprint density at radius 3 is 2.86 bits per heavy atom. The summed E-state index contributed by atoms with van der Waals surface area (Å²) >= 11 is 0. The van der Waals surface area contributed by atoms with E-state index in [0.717, 1.165) is 19.3 Å². The molecule has 0 aromatic carbocycles. The lowest BCUT2D eigenvalue weighted by molar-refractivity contribution is 0.0522. The molecule has 1 aliphatic carbocycles. The van der Waals surface area contributed by atoms with E-state index < -0.39 is 16.0 Å². The van der Waals surface area contributed by atoms with E-state index in [1.807, 2.05) is 0 Å². The molecule has 0 aliphatic heterocycles. The Balaban J connectivity index is 2.17. The molecule has 8 heteroatoms. The standard InChI is InChI=1S/C13H21N3O4S/c1-4-20-12(17)10-8-14-15-11(10)21(18,19)16-9-5-6-13(2,3)7-9/h8-9,16H,4-7H2,1-3H3,(H,14,15). The average molecular weight is 315 g/mol. The topological polar surface area (TPSA) is 101 Å². The van der Waals surface area contributed by atoms with Gasteiger partial charge in [-0.1, -0.05) is 13.8 Å². The first-order valence-electron chi connectivity index (χ1n) is 6.98. The molecular formula is C13H21N3O4S. The third-order valence-corrected chi connectivity index (χ3v) is 5.15. The summed E-state index contributed by atoms with van der Waals surface area (Å²) in [7, 11) is -3.81. The number of aromatic nitrogens is 2. The Morgan fingerprint density at radius 2 is 2.29 bits per heavy atom. The molecule has 0 saturated heterocycles. The van der Waals surface area contributed by atoms with Crippen LogP contribution in [-0.4, -0.2) is 37.2 Å². The van der Waals surface area contributed by atoms with Gasteiger partial charge < -0.3 is 4.74 Å². The molecule has 118 valence electrons. The van der Waals surface area contributed by atoms with Crippen LogP contribution in [0.2, 0.25) is 0 Å². The Bertz CT molecular complexity index is 621. The van der Waals surface area contributed by atoms with E-state index >= 15 is 0 Å². The van der Waals surface area contributed by atoms with Gasteiger partial charge >= 0.3 is 5.97 Å². The predicted octanol–water partition coefficient (Wildman–Crippen LogP) is 1.44. The van der Waals surface area contributed by atoms with Crippen molar-refractivity contribution in [2.24, 2.45) is 5.41 Å². The Hall–Kier alpha value is -1.41. The first kappa shape index (κ1) is 16.0. The van der Waals surface area contributed by atoms with Gasteiger partial charge in [-0.15, -0.1) is 0 Å². The molecule has 0 amide bonds. The second kappa shape index (κ2) is 5.76. The molecular weight excluding hydrogens is 294 g/mol. The molecule has 1 fully saturated rings. The van der Waals surface area contributed by atoms with Gasteiger partial charge in [0.15, 0.2) is 5.03 Å². The number of ether oxygens (including phenoxy) is 1. The van der Waals surface area contributed by atoms with Crippen molar-refractivity contribution in [2.45, 2.75) is 51.1 Å². The van der Waals surface area contributed by atoms with Gasteiger partial charge in [0.1, 0.15) is 5.56 Å². The Labute approximate surface area is 124 Å². The van der Waals surface area contributed by atoms with Crippen LogP contribution in [0, 0.1) is 5.41 Å². The lowest BCUT2D eigenvalue weighted by Gasteiger charge is -2.17. The maximum atomic E-state index is 12.4. The summed E-state index contributed by atoms with van der Waals surface area (Å²) in [6.45, 7) is 6.06. The van der Waals surface area contributed by atoms with Gasteiger partial charge in [0, 0.05) is 6.04 Å². The minimum atomic E-state index is -3.81. The fraction of sp³-hybridized carbons (Fsp3) is 0.692. The Morgan fingerprint density at radius 1 is 1.57 bits per heavy atom. The van der Waals surface area contributed by atoms with Crippen LogP contribution in [0.3, 0.4) is 0 Å². The second-order valence-electron chi connectivity index (χ2n) is 6.06. The molecule has 1 atom stereocenters. The number of hydrogen-bond acceptors (Lipinski definition) is 5. The molecule has 1 saturated carbocycles. The summed E-state index contributed by atoms with van der Waals surface area (Å²) in [6.07, 6.45) is 3.70. The van der Waals surface area contributed by atoms with Crippen molar-refractivity contribution in [3.63, 3.8) is 0 Å². The van der Waals surface area contributed by atoms with Crippen molar-refractivity contribution >= 4 is 16.0 Å². The average Bonchev–Trinajstić information content (AvgIpc) is 2.96. The molecule has 2 rings (SSSR count). The first-order valence-corrected chi connectivity index (χ1v) is 8.46. The zero-order valence-electron chi connectivity index (χ0n) is 12.5. The van der Waals surface area contributed by atoms with Crippen molar-refractivity contribution in [3.05, 3.63) is 11.8 Å². The van der Waals surface area contributed by atoms with Crippen LogP contribution in [0.25, 0.3) is 0 Å². The molecule has 0 radical (unpaired) electrons. The Kier molecular flexibility index (Phi) is 4.38. The van der Waals surface area contributed by atoms with Gasteiger partial charge in [-0.25, -0.2) is 17.9 Å². The van der Waals surface area contributed by atoms with Gasteiger partial charge in [0.2, 0.25) is 0 Å². The van der Waals surface area contributed by atoms with Crippen LogP contribution in [0.1, 0.15) is 50.4 Å². The number of sulfonamides is 1. The van der Waals surface area contributed by atoms with Crippen molar-refractivity contribution in [3.8, 4) is 0 Å². The molecule has 1 unspecified atom stereocenters. The van der Waals surface area contributed by atoms with Gasteiger partial charge in [-0.05, 0) is 31.6 Å². The lowest BCUT2D eigenvalue weighted by Crippen LogP contribution is -2.34. The van der Waals surface area contributed by atoms with Gasteiger partial charge in [-0.2, -0.15) is 5.10 Å². The maximum absolute atomic E-state index is 12.4. The number of nitrogens with zero attached hydrogens (tertiary/aromatic N) is 1. The summed E-state index contributed by atoms with van der Waals surface area (Å²) < 4.78 is 32.3. The van der Waals surface area contributed by atoms with E-state index in [1.165, 1.54) is 6.20 Å².